The highest BCUT2D eigenvalue weighted by atomic mass is 32.2. The standard InChI is InChI=1S/C28H43N3O5S2/c1-28(2,3)36-27(34)31-19-37-15-14-24(31)26(33)30-23(18-38-17-21-8-6-5-7-9-21)25(32)29-16-20-10-12-22(35-4)13-11-20/h10-13,21,23-24H,5-9,14-19H2,1-4H3,(H,29,32)(H,30,33)/t23-,24?/m0/s1. The van der Waals surface area contributed by atoms with Crippen LogP contribution in [0.3, 0.4) is 0 Å². The molecule has 3 rings (SSSR count). The molecule has 3 amide bonds. The van der Waals surface area contributed by atoms with Gasteiger partial charge in [-0.15, -0.1) is 11.8 Å². The molecule has 1 aliphatic carbocycles. The van der Waals surface area contributed by atoms with E-state index in [4.69, 9.17) is 9.47 Å². The summed E-state index contributed by atoms with van der Waals surface area (Å²) in [5.41, 5.74) is 0.291. The lowest BCUT2D eigenvalue weighted by molar-refractivity contribution is -0.131. The van der Waals surface area contributed by atoms with Crippen molar-refractivity contribution in [2.75, 3.05) is 30.2 Å². The molecule has 0 radical (unpaired) electrons. The highest BCUT2D eigenvalue weighted by Gasteiger charge is 2.36. The minimum atomic E-state index is -0.690. The van der Waals surface area contributed by atoms with Crippen LogP contribution in [0.5, 0.6) is 5.75 Å². The van der Waals surface area contributed by atoms with Crippen molar-refractivity contribution >= 4 is 41.4 Å². The first-order valence-electron chi connectivity index (χ1n) is 13.5. The lowest BCUT2D eigenvalue weighted by Gasteiger charge is -2.36. The van der Waals surface area contributed by atoms with E-state index in [1.807, 2.05) is 45.0 Å². The molecule has 0 aromatic heterocycles. The predicted molar refractivity (Wildman–Crippen MR) is 154 cm³/mol. The van der Waals surface area contributed by atoms with Gasteiger partial charge in [0.05, 0.1) is 13.0 Å². The molecule has 2 fully saturated rings. The van der Waals surface area contributed by atoms with Gasteiger partial charge in [0.25, 0.3) is 0 Å². The molecule has 1 aromatic carbocycles. The molecule has 1 saturated carbocycles. The Morgan fingerprint density at radius 1 is 1.11 bits per heavy atom. The lowest BCUT2D eigenvalue weighted by Crippen LogP contribution is -2.57. The molecule has 1 heterocycles. The Bertz CT molecular complexity index is 916. The Morgan fingerprint density at radius 3 is 2.47 bits per heavy atom. The first-order valence-corrected chi connectivity index (χ1v) is 15.8. The Balaban J connectivity index is 1.64. The zero-order chi connectivity index (χ0) is 27.5. The Labute approximate surface area is 235 Å². The number of amides is 3. The monoisotopic (exact) mass is 565 g/mol. The second-order valence-corrected chi connectivity index (χ2v) is 13.1. The molecule has 0 spiro atoms. The van der Waals surface area contributed by atoms with Gasteiger partial charge in [-0.3, -0.25) is 14.5 Å². The number of benzene rings is 1. The molecular weight excluding hydrogens is 522 g/mol. The largest absolute Gasteiger partial charge is 0.497 e. The normalized spacial score (nSPS) is 19.4. The van der Waals surface area contributed by atoms with Gasteiger partial charge in [0.1, 0.15) is 23.4 Å². The van der Waals surface area contributed by atoms with E-state index in [-0.39, 0.29) is 11.8 Å². The van der Waals surface area contributed by atoms with Gasteiger partial charge < -0.3 is 20.1 Å². The van der Waals surface area contributed by atoms with E-state index in [1.165, 1.54) is 37.0 Å². The third-order valence-corrected chi connectivity index (χ3v) is 8.96. The number of rotatable bonds is 10. The van der Waals surface area contributed by atoms with Gasteiger partial charge in [0, 0.05) is 12.3 Å². The average molecular weight is 566 g/mol. The fourth-order valence-electron chi connectivity index (χ4n) is 4.59. The van der Waals surface area contributed by atoms with E-state index in [2.05, 4.69) is 10.6 Å². The molecular formula is C28H43N3O5S2. The fraction of sp³-hybridized carbons (Fsp3) is 0.679. The molecule has 0 bridgehead atoms. The fourth-order valence-corrected chi connectivity index (χ4v) is 6.86. The van der Waals surface area contributed by atoms with Gasteiger partial charge in [0.2, 0.25) is 11.8 Å². The number of carbonyl (C=O) groups excluding carboxylic acids is 3. The summed E-state index contributed by atoms with van der Waals surface area (Å²) >= 11 is 3.32. The van der Waals surface area contributed by atoms with E-state index in [0.717, 1.165) is 22.8 Å². The molecule has 10 heteroatoms. The molecule has 8 nitrogen and oxygen atoms in total. The van der Waals surface area contributed by atoms with Crippen LogP contribution >= 0.6 is 23.5 Å². The van der Waals surface area contributed by atoms with Gasteiger partial charge in [-0.1, -0.05) is 31.4 Å². The van der Waals surface area contributed by atoms with Crippen LogP contribution in [0.25, 0.3) is 0 Å². The van der Waals surface area contributed by atoms with Crippen LogP contribution in [0.2, 0.25) is 0 Å². The molecule has 1 unspecified atom stereocenters. The maximum atomic E-state index is 13.4. The topological polar surface area (TPSA) is 97.0 Å². The molecule has 2 N–H and O–H groups in total. The third-order valence-electron chi connectivity index (χ3n) is 6.69. The van der Waals surface area contributed by atoms with E-state index in [9.17, 15) is 14.4 Å². The maximum Gasteiger partial charge on any atom is 0.411 e. The minimum absolute atomic E-state index is 0.223. The Morgan fingerprint density at radius 2 is 1.82 bits per heavy atom. The smallest absolute Gasteiger partial charge is 0.411 e. The summed E-state index contributed by atoms with van der Waals surface area (Å²) in [6, 6.07) is 6.17. The van der Waals surface area contributed by atoms with Gasteiger partial charge in [-0.05, 0) is 75.2 Å². The van der Waals surface area contributed by atoms with Crippen molar-refractivity contribution in [3.05, 3.63) is 29.8 Å². The van der Waals surface area contributed by atoms with Crippen molar-refractivity contribution in [1.82, 2.24) is 15.5 Å². The van der Waals surface area contributed by atoms with Crippen LogP contribution in [-0.4, -0.2) is 70.7 Å². The number of hydrogen-bond donors (Lipinski definition) is 2. The SMILES string of the molecule is COc1ccc(CNC(=O)[C@H](CSCC2CCCCC2)NC(=O)C2CCSCN2C(=O)OC(C)(C)C)cc1. The van der Waals surface area contributed by atoms with Crippen LogP contribution in [-0.2, 0) is 20.9 Å². The molecule has 212 valence electrons. The zero-order valence-corrected chi connectivity index (χ0v) is 24.8. The first kappa shape index (κ1) is 30.5. The second-order valence-electron chi connectivity index (χ2n) is 11.0. The molecule has 1 saturated heterocycles. The van der Waals surface area contributed by atoms with Crippen LogP contribution in [0, 0.1) is 5.92 Å². The Hall–Kier alpha value is -2.07. The summed E-state index contributed by atoms with van der Waals surface area (Å²) < 4.78 is 10.8. The predicted octanol–water partition coefficient (Wildman–Crippen LogP) is 4.81. The second kappa shape index (κ2) is 14.9. The lowest BCUT2D eigenvalue weighted by atomic mass is 9.91. The Kier molecular flexibility index (Phi) is 12.0. The summed E-state index contributed by atoms with van der Waals surface area (Å²) in [5.74, 6) is 3.53. The van der Waals surface area contributed by atoms with Crippen molar-refractivity contribution in [3.8, 4) is 5.75 Å². The van der Waals surface area contributed by atoms with Crippen molar-refractivity contribution in [1.29, 1.82) is 0 Å². The number of methoxy groups -OCH3 is 1. The summed E-state index contributed by atoms with van der Waals surface area (Å²) in [6.45, 7) is 5.78. The van der Waals surface area contributed by atoms with Gasteiger partial charge in [-0.2, -0.15) is 11.8 Å². The quantitative estimate of drug-likeness (QED) is 0.420. The van der Waals surface area contributed by atoms with Crippen LogP contribution in [0.1, 0.15) is 64.9 Å². The van der Waals surface area contributed by atoms with Crippen LogP contribution < -0.4 is 15.4 Å². The van der Waals surface area contributed by atoms with E-state index < -0.39 is 23.8 Å². The van der Waals surface area contributed by atoms with Gasteiger partial charge in [0.15, 0.2) is 0 Å². The summed E-state index contributed by atoms with van der Waals surface area (Å²) in [5, 5.41) is 5.96. The molecule has 38 heavy (non-hydrogen) atoms. The van der Waals surface area contributed by atoms with Crippen molar-refractivity contribution < 1.29 is 23.9 Å². The third kappa shape index (κ3) is 9.91. The van der Waals surface area contributed by atoms with E-state index in [1.54, 1.807) is 30.6 Å². The number of ether oxygens (including phenoxy) is 2. The number of nitrogens with one attached hydrogen (secondary N) is 2. The average Bonchev–Trinajstić information content (AvgIpc) is 2.91. The number of nitrogens with zero attached hydrogens (tertiary/aromatic N) is 1. The van der Waals surface area contributed by atoms with E-state index >= 15 is 0 Å². The van der Waals surface area contributed by atoms with Gasteiger partial charge in [-0.25, -0.2) is 4.79 Å². The summed E-state index contributed by atoms with van der Waals surface area (Å²) in [7, 11) is 1.62. The zero-order valence-electron chi connectivity index (χ0n) is 23.1. The van der Waals surface area contributed by atoms with Crippen molar-refractivity contribution in [3.63, 3.8) is 0 Å². The minimum Gasteiger partial charge on any atom is -0.497 e. The molecule has 1 aromatic rings. The highest BCUT2D eigenvalue weighted by molar-refractivity contribution is 7.99. The van der Waals surface area contributed by atoms with Crippen molar-refractivity contribution in [2.24, 2.45) is 5.92 Å². The van der Waals surface area contributed by atoms with Crippen LogP contribution in [0.4, 0.5) is 4.79 Å². The van der Waals surface area contributed by atoms with Gasteiger partial charge >= 0.3 is 6.09 Å². The molecule has 2 atom stereocenters. The first-order chi connectivity index (χ1) is 18.2. The number of carbonyl (C=O) groups is 3. The molecule has 2 aliphatic rings. The number of hydrogen-bond acceptors (Lipinski definition) is 7. The molecule has 1 aliphatic heterocycles. The highest BCUT2D eigenvalue weighted by Crippen LogP contribution is 2.27. The number of thioether (sulfide) groups is 2. The summed E-state index contributed by atoms with van der Waals surface area (Å²) in [6.07, 6.45) is 6.34. The summed E-state index contributed by atoms with van der Waals surface area (Å²) in [4.78, 5) is 41.0. The van der Waals surface area contributed by atoms with Crippen molar-refractivity contribution in [2.45, 2.75) is 83.5 Å². The maximum absolute atomic E-state index is 13.4. The van der Waals surface area contributed by atoms with E-state index in [0.29, 0.717) is 30.5 Å². The van der Waals surface area contributed by atoms with Crippen LogP contribution in [0.15, 0.2) is 24.3 Å².